The van der Waals surface area contributed by atoms with Crippen LogP contribution >= 0.6 is 11.6 Å². The highest BCUT2D eigenvalue weighted by molar-refractivity contribution is 6.31. The minimum Gasteiger partial charge on any atom is -0.450 e. The van der Waals surface area contributed by atoms with Gasteiger partial charge in [-0.3, -0.25) is 0 Å². The first kappa shape index (κ1) is 14.0. The lowest BCUT2D eigenvalue weighted by atomic mass is 10.2. The van der Waals surface area contributed by atoms with Gasteiger partial charge in [0.2, 0.25) is 0 Å². The molecular formula is C18H14ClN3O. The van der Waals surface area contributed by atoms with Crippen LogP contribution in [0.5, 0.6) is 0 Å². The summed E-state index contributed by atoms with van der Waals surface area (Å²) in [5.74, 6) is 1.33. The topological polar surface area (TPSA) is 51.0 Å². The smallest absolute Gasteiger partial charge is 0.196 e. The monoisotopic (exact) mass is 323 g/mol. The number of benzene rings is 2. The van der Waals surface area contributed by atoms with Gasteiger partial charge in [0.1, 0.15) is 16.9 Å². The van der Waals surface area contributed by atoms with Crippen LogP contribution in [0.15, 0.2) is 46.9 Å². The predicted molar refractivity (Wildman–Crippen MR) is 93.5 cm³/mol. The van der Waals surface area contributed by atoms with Gasteiger partial charge >= 0.3 is 0 Å². The van der Waals surface area contributed by atoms with E-state index in [4.69, 9.17) is 16.0 Å². The molecule has 0 aliphatic rings. The van der Waals surface area contributed by atoms with Gasteiger partial charge in [0.25, 0.3) is 0 Å². The Morgan fingerprint density at radius 3 is 2.57 bits per heavy atom. The van der Waals surface area contributed by atoms with Gasteiger partial charge in [0.15, 0.2) is 11.4 Å². The fourth-order valence-corrected chi connectivity index (χ4v) is 2.76. The molecule has 114 valence electrons. The van der Waals surface area contributed by atoms with E-state index in [-0.39, 0.29) is 0 Å². The molecule has 4 aromatic rings. The van der Waals surface area contributed by atoms with E-state index in [1.807, 2.05) is 43.3 Å². The van der Waals surface area contributed by atoms with E-state index in [0.29, 0.717) is 22.2 Å². The number of nitrogens with one attached hydrogen (secondary N) is 1. The molecule has 0 amide bonds. The van der Waals surface area contributed by atoms with Crippen molar-refractivity contribution in [1.82, 2.24) is 9.97 Å². The van der Waals surface area contributed by atoms with Gasteiger partial charge in [-0.2, -0.15) is 0 Å². The molecule has 0 unspecified atom stereocenters. The van der Waals surface area contributed by atoms with Gasteiger partial charge in [-0.15, -0.1) is 0 Å². The molecular weight excluding hydrogens is 310 g/mol. The minimum absolute atomic E-state index is 0.633. The third kappa shape index (κ3) is 2.51. The predicted octanol–water partition coefficient (Wildman–Crippen LogP) is 5.39. The van der Waals surface area contributed by atoms with Crippen molar-refractivity contribution in [2.45, 2.75) is 13.8 Å². The SMILES string of the molecule is Cc1ccc(Nc2nc(C)nc3c2oc2ccc(Cl)cc23)cc1. The van der Waals surface area contributed by atoms with Crippen molar-refractivity contribution in [3.05, 3.63) is 58.9 Å². The third-order valence-electron chi connectivity index (χ3n) is 3.70. The first-order valence-electron chi connectivity index (χ1n) is 7.30. The standard InChI is InChI=1S/C18H14ClN3O/c1-10-3-6-13(7-4-10)22-18-17-16(20-11(2)21-18)14-9-12(19)5-8-15(14)23-17/h3-9H,1-2H3,(H,20,21,22). The second kappa shape index (κ2) is 5.25. The number of aromatic nitrogens is 2. The van der Waals surface area contributed by atoms with Crippen molar-refractivity contribution < 1.29 is 4.42 Å². The fraction of sp³-hybridized carbons (Fsp3) is 0.111. The van der Waals surface area contributed by atoms with Crippen molar-refractivity contribution in [3.8, 4) is 0 Å². The fourth-order valence-electron chi connectivity index (χ4n) is 2.59. The zero-order valence-electron chi connectivity index (χ0n) is 12.7. The van der Waals surface area contributed by atoms with E-state index < -0.39 is 0 Å². The molecule has 0 aliphatic heterocycles. The number of hydrogen-bond acceptors (Lipinski definition) is 4. The van der Waals surface area contributed by atoms with Crippen LogP contribution < -0.4 is 5.32 Å². The maximum absolute atomic E-state index is 6.10. The summed E-state index contributed by atoms with van der Waals surface area (Å²) in [7, 11) is 0. The molecule has 0 radical (unpaired) electrons. The minimum atomic E-state index is 0.633. The Kier molecular flexibility index (Phi) is 3.20. The van der Waals surface area contributed by atoms with Gasteiger partial charge in [0.05, 0.1) is 0 Å². The highest BCUT2D eigenvalue weighted by atomic mass is 35.5. The van der Waals surface area contributed by atoms with E-state index in [1.54, 1.807) is 6.07 Å². The molecule has 0 atom stereocenters. The molecule has 0 bridgehead atoms. The van der Waals surface area contributed by atoms with Gasteiger partial charge in [-0.25, -0.2) is 9.97 Å². The summed E-state index contributed by atoms with van der Waals surface area (Å²) >= 11 is 6.10. The zero-order chi connectivity index (χ0) is 16.0. The Morgan fingerprint density at radius 1 is 1.00 bits per heavy atom. The summed E-state index contributed by atoms with van der Waals surface area (Å²) < 4.78 is 5.94. The molecule has 1 N–H and O–H groups in total. The first-order valence-corrected chi connectivity index (χ1v) is 7.68. The van der Waals surface area contributed by atoms with Gasteiger partial charge in [0, 0.05) is 16.1 Å². The summed E-state index contributed by atoms with van der Waals surface area (Å²) in [6, 6.07) is 13.6. The third-order valence-corrected chi connectivity index (χ3v) is 3.94. The van der Waals surface area contributed by atoms with Gasteiger partial charge in [-0.05, 0) is 44.2 Å². The van der Waals surface area contributed by atoms with Crippen molar-refractivity contribution in [2.75, 3.05) is 5.32 Å². The normalized spacial score (nSPS) is 11.3. The molecule has 0 spiro atoms. The van der Waals surface area contributed by atoms with Crippen LogP contribution in [0.2, 0.25) is 5.02 Å². The lowest BCUT2D eigenvalue weighted by Gasteiger charge is -2.07. The Labute approximate surface area is 138 Å². The maximum Gasteiger partial charge on any atom is 0.196 e. The lowest BCUT2D eigenvalue weighted by Crippen LogP contribution is -1.97. The summed E-state index contributed by atoms with van der Waals surface area (Å²) in [5.41, 5.74) is 4.31. The Balaban J connectivity index is 1.91. The molecule has 23 heavy (non-hydrogen) atoms. The Bertz CT molecular complexity index is 1020. The number of rotatable bonds is 2. The quantitative estimate of drug-likeness (QED) is 0.537. The molecule has 0 saturated carbocycles. The Hall–Kier alpha value is -2.59. The summed E-state index contributed by atoms with van der Waals surface area (Å²) in [6.45, 7) is 3.92. The van der Waals surface area contributed by atoms with Crippen LogP contribution in [0.25, 0.3) is 22.1 Å². The molecule has 2 aromatic carbocycles. The molecule has 2 aromatic heterocycles. The van der Waals surface area contributed by atoms with Crippen LogP contribution in [0.4, 0.5) is 11.5 Å². The molecule has 0 saturated heterocycles. The molecule has 2 heterocycles. The second-order valence-electron chi connectivity index (χ2n) is 5.53. The molecule has 0 aliphatic carbocycles. The molecule has 5 heteroatoms. The number of anilines is 2. The number of halogens is 1. The van der Waals surface area contributed by atoms with Crippen molar-refractivity contribution in [1.29, 1.82) is 0 Å². The average Bonchev–Trinajstić information content (AvgIpc) is 2.88. The molecule has 4 nitrogen and oxygen atoms in total. The van der Waals surface area contributed by atoms with E-state index in [9.17, 15) is 0 Å². The van der Waals surface area contributed by atoms with Crippen molar-refractivity contribution in [2.24, 2.45) is 0 Å². The van der Waals surface area contributed by atoms with Crippen LogP contribution in [-0.4, -0.2) is 9.97 Å². The number of aryl methyl sites for hydroxylation is 2. The van der Waals surface area contributed by atoms with Crippen molar-refractivity contribution >= 4 is 45.2 Å². The first-order chi connectivity index (χ1) is 11.1. The highest BCUT2D eigenvalue weighted by Crippen LogP contribution is 2.33. The Morgan fingerprint density at radius 2 is 1.78 bits per heavy atom. The number of fused-ring (bicyclic) bond motifs is 3. The van der Waals surface area contributed by atoms with Gasteiger partial charge in [-0.1, -0.05) is 29.3 Å². The number of hydrogen-bond donors (Lipinski definition) is 1. The van der Waals surface area contributed by atoms with Crippen LogP contribution in [0, 0.1) is 13.8 Å². The van der Waals surface area contributed by atoms with E-state index in [0.717, 1.165) is 22.2 Å². The van der Waals surface area contributed by atoms with E-state index in [1.165, 1.54) is 5.56 Å². The largest absolute Gasteiger partial charge is 0.450 e. The molecule has 0 fully saturated rings. The van der Waals surface area contributed by atoms with Crippen LogP contribution in [0.3, 0.4) is 0 Å². The van der Waals surface area contributed by atoms with E-state index in [2.05, 4.69) is 22.2 Å². The highest BCUT2D eigenvalue weighted by Gasteiger charge is 2.15. The number of nitrogens with zero attached hydrogens (tertiary/aromatic N) is 2. The zero-order valence-corrected chi connectivity index (χ0v) is 13.5. The summed E-state index contributed by atoms with van der Waals surface area (Å²) in [4.78, 5) is 9.01. The summed E-state index contributed by atoms with van der Waals surface area (Å²) in [6.07, 6.45) is 0. The van der Waals surface area contributed by atoms with Gasteiger partial charge < -0.3 is 9.73 Å². The lowest BCUT2D eigenvalue weighted by molar-refractivity contribution is 0.666. The van der Waals surface area contributed by atoms with Crippen LogP contribution in [-0.2, 0) is 0 Å². The average molecular weight is 324 g/mol. The number of furan rings is 1. The summed E-state index contributed by atoms with van der Waals surface area (Å²) in [5, 5.41) is 4.86. The van der Waals surface area contributed by atoms with Crippen molar-refractivity contribution in [3.63, 3.8) is 0 Å². The van der Waals surface area contributed by atoms with Crippen LogP contribution in [0.1, 0.15) is 11.4 Å². The maximum atomic E-state index is 6.10. The molecule has 4 rings (SSSR count). The second-order valence-corrected chi connectivity index (χ2v) is 5.97. The van der Waals surface area contributed by atoms with E-state index >= 15 is 0 Å².